The predicted octanol–water partition coefficient (Wildman–Crippen LogP) is 2.86. The fourth-order valence-electron chi connectivity index (χ4n) is 3.39. The third kappa shape index (κ3) is 1.57. The first kappa shape index (κ1) is 11.5. The summed E-state index contributed by atoms with van der Waals surface area (Å²) in [5, 5.41) is 9.71. The molecule has 2 fully saturated rings. The largest absolute Gasteiger partial charge is 0.395 e. The van der Waals surface area contributed by atoms with Gasteiger partial charge in [-0.25, -0.2) is 4.98 Å². The molecule has 2 saturated carbocycles. The zero-order valence-electron chi connectivity index (χ0n) is 11.4. The van der Waals surface area contributed by atoms with Crippen molar-refractivity contribution < 1.29 is 5.11 Å². The van der Waals surface area contributed by atoms with Gasteiger partial charge in [0.05, 0.1) is 17.6 Å². The lowest BCUT2D eigenvalue weighted by Crippen LogP contribution is -2.37. The molecule has 0 bridgehead atoms. The van der Waals surface area contributed by atoms with Gasteiger partial charge in [0.2, 0.25) is 0 Å². The highest BCUT2D eigenvalue weighted by atomic mass is 16.3. The van der Waals surface area contributed by atoms with Crippen LogP contribution < -0.4 is 0 Å². The van der Waals surface area contributed by atoms with Gasteiger partial charge >= 0.3 is 0 Å². The number of aromatic nitrogens is 2. The molecular formula is C16H20N2O. The van der Waals surface area contributed by atoms with Crippen LogP contribution in [0.1, 0.15) is 49.4 Å². The first-order valence-electron chi connectivity index (χ1n) is 7.31. The van der Waals surface area contributed by atoms with E-state index in [2.05, 4.69) is 29.8 Å². The first-order chi connectivity index (χ1) is 9.23. The monoisotopic (exact) mass is 256 g/mol. The van der Waals surface area contributed by atoms with E-state index >= 15 is 0 Å². The summed E-state index contributed by atoms with van der Waals surface area (Å²) < 4.78 is 2.25. The van der Waals surface area contributed by atoms with Gasteiger partial charge in [-0.2, -0.15) is 0 Å². The number of hydrogen-bond acceptors (Lipinski definition) is 2. The molecule has 0 atom stereocenters. The summed E-state index contributed by atoms with van der Waals surface area (Å²) in [4.78, 5) is 4.77. The Morgan fingerprint density at radius 2 is 2.16 bits per heavy atom. The number of aliphatic hydroxyl groups excluding tert-OH is 1. The van der Waals surface area contributed by atoms with Crippen molar-refractivity contribution in [1.29, 1.82) is 0 Å². The second-order valence-corrected chi connectivity index (χ2v) is 6.30. The molecule has 0 aliphatic heterocycles. The Kier molecular flexibility index (Phi) is 2.31. The minimum atomic E-state index is 0.0260. The fourth-order valence-corrected chi connectivity index (χ4v) is 3.39. The minimum absolute atomic E-state index is 0.0260. The quantitative estimate of drug-likeness (QED) is 0.917. The van der Waals surface area contributed by atoms with E-state index in [1.807, 2.05) is 0 Å². The summed E-state index contributed by atoms with van der Waals surface area (Å²) >= 11 is 0. The number of hydrogen-bond donors (Lipinski definition) is 1. The predicted molar refractivity (Wildman–Crippen MR) is 75.3 cm³/mol. The zero-order chi connectivity index (χ0) is 13.0. The van der Waals surface area contributed by atoms with E-state index in [0.717, 1.165) is 18.4 Å². The van der Waals surface area contributed by atoms with Crippen LogP contribution in [0.5, 0.6) is 0 Å². The molecule has 1 N–H and O–H groups in total. The third-order valence-corrected chi connectivity index (χ3v) is 5.08. The van der Waals surface area contributed by atoms with Crippen LogP contribution in [0.15, 0.2) is 18.2 Å². The maximum atomic E-state index is 9.71. The number of aryl methyl sites for hydroxylation is 1. The molecule has 2 aliphatic rings. The lowest BCUT2D eigenvalue weighted by molar-refractivity contribution is 0.120. The van der Waals surface area contributed by atoms with Crippen molar-refractivity contribution >= 4 is 11.0 Å². The molecule has 100 valence electrons. The number of aliphatic hydroxyl groups is 1. The molecule has 1 aromatic heterocycles. The second kappa shape index (κ2) is 3.83. The molecular weight excluding hydrogens is 236 g/mol. The van der Waals surface area contributed by atoms with Gasteiger partial charge in [0.15, 0.2) is 0 Å². The van der Waals surface area contributed by atoms with Crippen molar-refractivity contribution in [2.75, 3.05) is 6.61 Å². The van der Waals surface area contributed by atoms with E-state index in [0.29, 0.717) is 5.92 Å². The molecule has 1 aromatic carbocycles. The van der Waals surface area contributed by atoms with Crippen LogP contribution in [0, 0.1) is 0 Å². The van der Waals surface area contributed by atoms with Gasteiger partial charge in [0.1, 0.15) is 5.82 Å². The van der Waals surface area contributed by atoms with E-state index in [4.69, 9.17) is 4.98 Å². The fraction of sp³-hybridized carbons (Fsp3) is 0.562. The minimum Gasteiger partial charge on any atom is -0.395 e. The summed E-state index contributed by atoms with van der Waals surface area (Å²) in [5.41, 5.74) is 3.64. The Balaban J connectivity index is 1.84. The van der Waals surface area contributed by atoms with Gasteiger partial charge in [-0.3, -0.25) is 0 Å². The highest BCUT2D eigenvalue weighted by Crippen LogP contribution is 2.45. The Bertz CT molecular complexity index is 630. The maximum Gasteiger partial charge on any atom is 0.112 e. The SMILES string of the molecule is Cn1c(C2CC2)nc2ccc(C3(CO)CCC3)cc21. The van der Waals surface area contributed by atoms with Crippen molar-refractivity contribution in [3.63, 3.8) is 0 Å². The van der Waals surface area contributed by atoms with E-state index in [9.17, 15) is 5.11 Å². The van der Waals surface area contributed by atoms with Crippen molar-refractivity contribution in [2.24, 2.45) is 7.05 Å². The number of benzene rings is 1. The lowest BCUT2D eigenvalue weighted by Gasteiger charge is -2.40. The molecule has 0 amide bonds. The van der Waals surface area contributed by atoms with Crippen LogP contribution in [0.4, 0.5) is 0 Å². The highest BCUT2D eigenvalue weighted by molar-refractivity contribution is 5.77. The van der Waals surface area contributed by atoms with Crippen molar-refractivity contribution in [3.8, 4) is 0 Å². The Morgan fingerprint density at radius 3 is 2.74 bits per heavy atom. The van der Waals surface area contributed by atoms with Gasteiger partial charge in [-0.05, 0) is 43.4 Å². The first-order valence-corrected chi connectivity index (χ1v) is 7.31. The average molecular weight is 256 g/mol. The smallest absolute Gasteiger partial charge is 0.112 e. The van der Waals surface area contributed by atoms with E-state index in [-0.39, 0.29) is 12.0 Å². The van der Waals surface area contributed by atoms with Gasteiger partial charge in [0, 0.05) is 18.4 Å². The molecule has 3 nitrogen and oxygen atoms in total. The van der Waals surface area contributed by atoms with Crippen molar-refractivity contribution in [2.45, 2.75) is 43.4 Å². The van der Waals surface area contributed by atoms with Crippen LogP contribution in [-0.2, 0) is 12.5 Å². The summed E-state index contributed by atoms with van der Waals surface area (Å²) in [6, 6.07) is 6.55. The molecule has 4 rings (SSSR count). The summed E-state index contributed by atoms with van der Waals surface area (Å²) in [6.07, 6.45) is 6.02. The normalized spacial score (nSPS) is 21.6. The van der Waals surface area contributed by atoms with Crippen LogP contribution in [0.2, 0.25) is 0 Å². The molecule has 3 heteroatoms. The topological polar surface area (TPSA) is 38.0 Å². The van der Waals surface area contributed by atoms with Gasteiger partial charge in [0.25, 0.3) is 0 Å². The van der Waals surface area contributed by atoms with E-state index in [1.165, 1.54) is 36.2 Å². The van der Waals surface area contributed by atoms with Crippen LogP contribution >= 0.6 is 0 Å². The summed E-state index contributed by atoms with van der Waals surface area (Å²) in [5.74, 6) is 1.91. The molecule has 0 unspecified atom stereocenters. The van der Waals surface area contributed by atoms with Gasteiger partial charge in [-0.1, -0.05) is 12.5 Å². The molecule has 0 spiro atoms. The van der Waals surface area contributed by atoms with Crippen molar-refractivity contribution in [3.05, 3.63) is 29.6 Å². The summed E-state index contributed by atoms with van der Waals surface area (Å²) in [6.45, 7) is 0.270. The number of nitrogens with zero attached hydrogens (tertiary/aromatic N) is 2. The average Bonchev–Trinajstić information content (AvgIpc) is 3.15. The van der Waals surface area contributed by atoms with E-state index < -0.39 is 0 Å². The standard InChI is InChI=1S/C16H20N2O/c1-18-14-9-12(16(10-19)7-2-8-16)5-6-13(14)17-15(18)11-3-4-11/h5-6,9,11,19H,2-4,7-8,10H2,1H3. The van der Waals surface area contributed by atoms with Crippen molar-refractivity contribution in [1.82, 2.24) is 9.55 Å². The highest BCUT2D eigenvalue weighted by Gasteiger charge is 2.38. The Hall–Kier alpha value is -1.35. The molecule has 0 radical (unpaired) electrons. The maximum absolute atomic E-state index is 9.71. The second-order valence-electron chi connectivity index (χ2n) is 6.30. The third-order valence-electron chi connectivity index (χ3n) is 5.08. The molecule has 2 aliphatic carbocycles. The van der Waals surface area contributed by atoms with Gasteiger partial charge in [-0.15, -0.1) is 0 Å². The molecule has 19 heavy (non-hydrogen) atoms. The summed E-state index contributed by atoms with van der Waals surface area (Å²) in [7, 11) is 2.12. The Labute approximate surface area is 113 Å². The molecule has 2 aromatic rings. The molecule has 0 saturated heterocycles. The number of fused-ring (bicyclic) bond motifs is 1. The van der Waals surface area contributed by atoms with Crippen LogP contribution in [0.3, 0.4) is 0 Å². The number of imidazole rings is 1. The van der Waals surface area contributed by atoms with Crippen LogP contribution in [-0.4, -0.2) is 21.3 Å². The molecule has 1 heterocycles. The van der Waals surface area contributed by atoms with Gasteiger partial charge < -0.3 is 9.67 Å². The number of rotatable bonds is 3. The van der Waals surface area contributed by atoms with E-state index in [1.54, 1.807) is 0 Å². The lowest BCUT2D eigenvalue weighted by atomic mass is 9.65. The zero-order valence-corrected chi connectivity index (χ0v) is 11.4. The van der Waals surface area contributed by atoms with Crippen LogP contribution in [0.25, 0.3) is 11.0 Å². The Morgan fingerprint density at radius 1 is 1.37 bits per heavy atom.